The first-order chi connectivity index (χ1) is 11.8. The second-order valence-electron chi connectivity index (χ2n) is 5.44. The standard InChI is InChI=1S/C16H14BrClN4O2S/c1-21(15(24)12-5-6-13(17)25-12)8-14(23)20-16-19-10-7-9(18)3-4-11(10)22(16)2/h3-7H,8H2,1-2H3,(H,19,20,23). The van der Waals surface area contributed by atoms with Gasteiger partial charge in [-0.15, -0.1) is 11.3 Å². The van der Waals surface area contributed by atoms with Crippen molar-refractivity contribution in [3.8, 4) is 0 Å². The highest BCUT2D eigenvalue weighted by Crippen LogP contribution is 2.23. The zero-order valence-electron chi connectivity index (χ0n) is 13.4. The predicted octanol–water partition coefficient (Wildman–Crippen LogP) is 3.76. The fourth-order valence-corrected chi connectivity index (χ4v) is 3.90. The maximum absolute atomic E-state index is 12.3. The summed E-state index contributed by atoms with van der Waals surface area (Å²) in [6.07, 6.45) is 0. The van der Waals surface area contributed by atoms with E-state index in [1.807, 2.05) is 6.07 Å². The van der Waals surface area contributed by atoms with Gasteiger partial charge in [0.2, 0.25) is 11.9 Å². The van der Waals surface area contributed by atoms with E-state index in [9.17, 15) is 9.59 Å². The van der Waals surface area contributed by atoms with Crippen LogP contribution in [-0.2, 0) is 11.8 Å². The predicted molar refractivity (Wildman–Crippen MR) is 103 cm³/mol. The molecular weight excluding hydrogens is 428 g/mol. The molecular formula is C16H14BrClN4O2S. The molecule has 1 N–H and O–H groups in total. The van der Waals surface area contributed by atoms with E-state index < -0.39 is 0 Å². The van der Waals surface area contributed by atoms with E-state index in [1.54, 1.807) is 42.9 Å². The Morgan fingerprint density at radius 1 is 1.36 bits per heavy atom. The van der Waals surface area contributed by atoms with Gasteiger partial charge in [-0.05, 0) is 46.3 Å². The van der Waals surface area contributed by atoms with Crippen molar-refractivity contribution in [1.29, 1.82) is 0 Å². The van der Waals surface area contributed by atoms with Crippen LogP contribution < -0.4 is 5.32 Å². The quantitative estimate of drug-likeness (QED) is 0.670. The van der Waals surface area contributed by atoms with Crippen molar-refractivity contribution in [3.63, 3.8) is 0 Å². The maximum Gasteiger partial charge on any atom is 0.264 e. The number of likely N-dealkylation sites (N-methyl/N-ethyl adjacent to an activating group) is 1. The molecule has 6 nitrogen and oxygen atoms in total. The van der Waals surface area contributed by atoms with Crippen LogP contribution in [0.4, 0.5) is 5.95 Å². The van der Waals surface area contributed by atoms with Crippen LogP contribution in [0.1, 0.15) is 9.67 Å². The molecule has 0 aliphatic carbocycles. The molecule has 0 bridgehead atoms. The van der Waals surface area contributed by atoms with Gasteiger partial charge >= 0.3 is 0 Å². The van der Waals surface area contributed by atoms with Crippen molar-refractivity contribution in [2.24, 2.45) is 7.05 Å². The van der Waals surface area contributed by atoms with Gasteiger partial charge < -0.3 is 9.47 Å². The van der Waals surface area contributed by atoms with Crippen molar-refractivity contribution in [1.82, 2.24) is 14.5 Å². The Morgan fingerprint density at radius 3 is 2.80 bits per heavy atom. The van der Waals surface area contributed by atoms with Crippen LogP contribution in [0.2, 0.25) is 5.02 Å². The molecule has 0 spiro atoms. The molecule has 3 aromatic rings. The van der Waals surface area contributed by atoms with E-state index in [0.29, 0.717) is 21.4 Å². The van der Waals surface area contributed by atoms with Crippen LogP contribution >= 0.6 is 38.9 Å². The lowest BCUT2D eigenvalue weighted by Crippen LogP contribution is -2.35. The van der Waals surface area contributed by atoms with Gasteiger partial charge in [-0.3, -0.25) is 14.9 Å². The molecule has 1 aromatic carbocycles. The average molecular weight is 442 g/mol. The van der Waals surface area contributed by atoms with E-state index in [0.717, 1.165) is 9.30 Å². The van der Waals surface area contributed by atoms with E-state index in [2.05, 4.69) is 26.2 Å². The van der Waals surface area contributed by atoms with Crippen LogP contribution in [-0.4, -0.2) is 39.9 Å². The summed E-state index contributed by atoms with van der Waals surface area (Å²) in [6, 6.07) is 8.86. The van der Waals surface area contributed by atoms with Gasteiger partial charge in [-0.1, -0.05) is 11.6 Å². The summed E-state index contributed by atoms with van der Waals surface area (Å²) in [5.74, 6) is -0.124. The molecule has 2 heterocycles. The molecule has 0 fully saturated rings. The summed E-state index contributed by atoms with van der Waals surface area (Å²) < 4.78 is 2.63. The zero-order chi connectivity index (χ0) is 18.1. The normalized spacial score (nSPS) is 10.9. The summed E-state index contributed by atoms with van der Waals surface area (Å²) in [7, 11) is 3.39. The number of rotatable bonds is 4. The minimum absolute atomic E-state index is 0.0711. The van der Waals surface area contributed by atoms with Crippen LogP contribution in [0.15, 0.2) is 34.1 Å². The van der Waals surface area contributed by atoms with E-state index in [1.165, 1.54) is 16.2 Å². The second kappa shape index (κ2) is 7.15. The summed E-state index contributed by atoms with van der Waals surface area (Å²) in [4.78, 5) is 30.9. The van der Waals surface area contributed by atoms with Gasteiger partial charge in [0.15, 0.2) is 0 Å². The number of amides is 2. The second-order valence-corrected chi connectivity index (χ2v) is 8.34. The number of thiophene rings is 1. The van der Waals surface area contributed by atoms with Crippen molar-refractivity contribution < 1.29 is 9.59 Å². The molecule has 0 atom stereocenters. The first-order valence-corrected chi connectivity index (χ1v) is 9.26. The lowest BCUT2D eigenvalue weighted by Gasteiger charge is -2.15. The highest BCUT2D eigenvalue weighted by atomic mass is 79.9. The molecule has 3 rings (SSSR count). The number of aromatic nitrogens is 2. The first-order valence-electron chi connectivity index (χ1n) is 7.28. The number of halogens is 2. The molecule has 0 saturated carbocycles. The van der Waals surface area contributed by atoms with Gasteiger partial charge in [0.1, 0.15) is 0 Å². The van der Waals surface area contributed by atoms with Gasteiger partial charge in [-0.2, -0.15) is 0 Å². The van der Waals surface area contributed by atoms with Crippen LogP contribution in [0.3, 0.4) is 0 Å². The number of benzene rings is 1. The summed E-state index contributed by atoms with van der Waals surface area (Å²) >= 11 is 10.6. The fourth-order valence-electron chi connectivity index (χ4n) is 2.35. The van der Waals surface area contributed by atoms with Crippen molar-refractivity contribution >= 4 is 67.7 Å². The smallest absolute Gasteiger partial charge is 0.264 e. The van der Waals surface area contributed by atoms with Gasteiger partial charge in [0.25, 0.3) is 5.91 Å². The number of anilines is 1. The third kappa shape index (κ3) is 3.86. The molecule has 130 valence electrons. The van der Waals surface area contributed by atoms with Crippen molar-refractivity contribution in [2.75, 3.05) is 18.9 Å². The molecule has 2 amide bonds. The summed E-state index contributed by atoms with van der Waals surface area (Å²) in [5.41, 5.74) is 1.55. The minimum Gasteiger partial charge on any atom is -0.332 e. The Bertz CT molecular complexity index is 968. The van der Waals surface area contributed by atoms with Gasteiger partial charge in [-0.25, -0.2) is 4.98 Å². The SMILES string of the molecule is CN(CC(=O)Nc1nc2cc(Cl)ccc2n1C)C(=O)c1ccc(Br)s1. The molecule has 0 unspecified atom stereocenters. The molecule has 0 aliphatic heterocycles. The molecule has 0 radical (unpaired) electrons. The lowest BCUT2D eigenvalue weighted by atomic mass is 10.3. The fraction of sp³-hybridized carbons (Fsp3) is 0.188. The van der Waals surface area contributed by atoms with Gasteiger partial charge in [0, 0.05) is 19.1 Å². The lowest BCUT2D eigenvalue weighted by molar-refractivity contribution is -0.116. The monoisotopic (exact) mass is 440 g/mol. The van der Waals surface area contributed by atoms with E-state index in [4.69, 9.17) is 11.6 Å². The number of nitrogens with one attached hydrogen (secondary N) is 1. The molecule has 9 heteroatoms. The highest BCUT2D eigenvalue weighted by Gasteiger charge is 2.18. The molecule has 25 heavy (non-hydrogen) atoms. The number of aryl methyl sites for hydroxylation is 1. The van der Waals surface area contributed by atoms with Crippen LogP contribution in [0, 0.1) is 0 Å². The zero-order valence-corrected chi connectivity index (χ0v) is 16.6. The Labute approximate surface area is 161 Å². The number of hydrogen-bond donors (Lipinski definition) is 1. The molecule has 2 aromatic heterocycles. The van der Waals surface area contributed by atoms with E-state index >= 15 is 0 Å². The van der Waals surface area contributed by atoms with Crippen molar-refractivity contribution in [2.45, 2.75) is 0 Å². The number of carbonyl (C=O) groups is 2. The topological polar surface area (TPSA) is 67.2 Å². The van der Waals surface area contributed by atoms with Crippen LogP contribution in [0.5, 0.6) is 0 Å². The third-order valence-corrected chi connectivity index (χ3v) is 5.45. The molecule has 0 saturated heterocycles. The maximum atomic E-state index is 12.3. The number of nitrogens with zero attached hydrogens (tertiary/aromatic N) is 3. The number of imidazole rings is 1. The average Bonchev–Trinajstić information content (AvgIpc) is 3.10. The van der Waals surface area contributed by atoms with Gasteiger partial charge in [0.05, 0.1) is 26.2 Å². The first kappa shape index (κ1) is 17.9. The van der Waals surface area contributed by atoms with E-state index in [-0.39, 0.29) is 18.4 Å². The summed E-state index contributed by atoms with van der Waals surface area (Å²) in [6.45, 7) is -0.0711. The van der Waals surface area contributed by atoms with Crippen LogP contribution in [0.25, 0.3) is 11.0 Å². The third-order valence-electron chi connectivity index (χ3n) is 3.61. The van der Waals surface area contributed by atoms with Crippen molar-refractivity contribution in [3.05, 3.63) is 44.0 Å². The number of hydrogen-bond acceptors (Lipinski definition) is 4. The Hall–Kier alpha value is -1.90. The largest absolute Gasteiger partial charge is 0.332 e. The Kier molecular flexibility index (Phi) is 5.12. The number of carbonyl (C=O) groups excluding carboxylic acids is 2. The Morgan fingerprint density at radius 2 is 2.12 bits per heavy atom. The molecule has 0 aliphatic rings. The summed E-state index contributed by atoms with van der Waals surface area (Å²) in [5, 5.41) is 3.31. The Balaban J connectivity index is 1.70. The highest BCUT2D eigenvalue weighted by molar-refractivity contribution is 9.11. The minimum atomic E-state index is -0.323. The number of fused-ring (bicyclic) bond motifs is 1.